The van der Waals surface area contributed by atoms with Crippen molar-refractivity contribution in [2.24, 2.45) is 7.05 Å². The van der Waals surface area contributed by atoms with Gasteiger partial charge in [-0.2, -0.15) is 0 Å². The average molecular weight is 613 g/mol. The smallest absolute Gasteiger partial charge is 0.214 e. The quantitative estimate of drug-likeness (QED) is 0.172. The minimum absolute atomic E-state index is 0.882. The van der Waals surface area contributed by atoms with Gasteiger partial charge in [0.1, 0.15) is 0 Å². The zero-order valence-electron chi connectivity index (χ0n) is 26.9. The lowest BCUT2D eigenvalue weighted by Crippen LogP contribution is -2.10. The highest BCUT2D eigenvalue weighted by atomic mass is 15.2. The molecule has 0 aliphatic heterocycles. The predicted molar refractivity (Wildman–Crippen MR) is 194 cm³/mol. The van der Waals surface area contributed by atoms with E-state index in [-0.39, 0.29) is 0 Å². The molecule has 0 fully saturated rings. The molecule has 0 unspecified atom stereocenters. The van der Waals surface area contributed by atoms with Gasteiger partial charge in [-0.1, -0.05) is 86.6 Å². The van der Waals surface area contributed by atoms with Crippen molar-refractivity contribution in [3.05, 3.63) is 151 Å². The molecule has 3 aromatic heterocycles. The number of aromatic nitrogens is 5. The van der Waals surface area contributed by atoms with Crippen LogP contribution in [0.15, 0.2) is 140 Å². The molecule has 47 heavy (non-hydrogen) atoms. The average Bonchev–Trinajstić information content (AvgIpc) is 3.86. The van der Waals surface area contributed by atoms with Gasteiger partial charge in [0.25, 0.3) is 0 Å². The second-order valence-electron chi connectivity index (χ2n) is 11.9. The van der Waals surface area contributed by atoms with Crippen LogP contribution < -0.4 is 4.90 Å². The summed E-state index contributed by atoms with van der Waals surface area (Å²) < 4.78 is 6.52. The first-order valence-electron chi connectivity index (χ1n) is 16.3. The van der Waals surface area contributed by atoms with Crippen molar-refractivity contribution >= 4 is 38.9 Å². The summed E-state index contributed by atoms with van der Waals surface area (Å²) in [5.41, 5.74) is 11.4. The highest BCUT2D eigenvalue weighted by Crippen LogP contribution is 2.40. The summed E-state index contributed by atoms with van der Waals surface area (Å²) in [6.07, 6.45) is 9.91. The van der Waals surface area contributed by atoms with Gasteiger partial charge in [0, 0.05) is 59.0 Å². The number of nitrogens with zero attached hydrogens (tertiary/aromatic N) is 6. The SMILES string of the molecule is CCc1cccc(CC)c1-n1cnc(-c2cccc(N(c3ccccc3)c3ccc4c5ccccc5n(-c5nccn5C)c4c3)c2)c1. The van der Waals surface area contributed by atoms with Gasteiger partial charge in [-0.25, -0.2) is 9.97 Å². The van der Waals surface area contributed by atoms with Gasteiger partial charge in [-0.05, 0) is 66.4 Å². The summed E-state index contributed by atoms with van der Waals surface area (Å²) >= 11 is 0. The Bertz CT molecular complexity index is 2330. The Morgan fingerprint density at radius 1 is 0.638 bits per heavy atom. The molecule has 0 spiro atoms. The molecule has 8 aromatic rings. The maximum absolute atomic E-state index is 4.90. The van der Waals surface area contributed by atoms with Gasteiger partial charge >= 0.3 is 0 Å². The Balaban J connectivity index is 1.27. The molecule has 0 aliphatic carbocycles. The second-order valence-corrected chi connectivity index (χ2v) is 11.9. The number of benzene rings is 5. The van der Waals surface area contributed by atoms with Crippen LogP contribution in [0.2, 0.25) is 0 Å². The van der Waals surface area contributed by atoms with Gasteiger partial charge in [0.15, 0.2) is 0 Å². The van der Waals surface area contributed by atoms with E-state index in [0.29, 0.717) is 0 Å². The van der Waals surface area contributed by atoms with E-state index >= 15 is 0 Å². The van der Waals surface area contributed by atoms with E-state index in [1.165, 1.54) is 27.6 Å². The van der Waals surface area contributed by atoms with Crippen LogP contribution in [-0.2, 0) is 19.9 Å². The molecule has 0 aliphatic rings. The molecule has 230 valence electrons. The number of hydrogen-bond donors (Lipinski definition) is 0. The van der Waals surface area contributed by atoms with Crippen LogP contribution in [0.4, 0.5) is 17.1 Å². The lowest BCUT2D eigenvalue weighted by molar-refractivity contribution is 0.846. The van der Waals surface area contributed by atoms with Crippen molar-refractivity contribution in [3.63, 3.8) is 0 Å². The Morgan fingerprint density at radius 2 is 1.34 bits per heavy atom. The Hall–Kier alpha value is -5.88. The molecule has 0 N–H and O–H groups in total. The highest BCUT2D eigenvalue weighted by Gasteiger charge is 2.19. The van der Waals surface area contributed by atoms with Crippen LogP contribution in [0, 0.1) is 0 Å². The van der Waals surface area contributed by atoms with E-state index in [2.05, 4.69) is 154 Å². The monoisotopic (exact) mass is 612 g/mol. The number of hydrogen-bond acceptors (Lipinski definition) is 3. The summed E-state index contributed by atoms with van der Waals surface area (Å²) in [6.45, 7) is 4.43. The first kappa shape index (κ1) is 28.6. The maximum atomic E-state index is 4.90. The zero-order chi connectivity index (χ0) is 31.9. The Labute approximate surface area is 274 Å². The molecule has 8 rings (SSSR count). The predicted octanol–water partition coefficient (Wildman–Crippen LogP) is 9.96. The van der Waals surface area contributed by atoms with Gasteiger partial charge in [0.05, 0.1) is 28.7 Å². The standard InChI is InChI=1S/C41H36N6/c1-4-29-13-11-14-30(5-2)40(29)45-27-37(43-28-45)31-15-12-18-33(25-31)46(32-16-7-6-8-17-32)34-21-22-36-35-19-9-10-20-38(35)47(39(36)26-34)41-42-23-24-44(41)3/h6-28H,4-5H2,1-3H3. The van der Waals surface area contributed by atoms with Crippen LogP contribution in [0.25, 0.3) is 44.7 Å². The van der Waals surface area contributed by atoms with Gasteiger partial charge in [0.2, 0.25) is 5.95 Å². The summed E-state index contributed by atoms with van der Waals surface area (Å²) in [7, 11) is 2.04. The molecule has 0 atom stereocenters. The molecule has 3 heterocycles. The van der Waals surface area contributed by atoms with Crippen molar-refractivity contribution < 1.29 is 0 Å². The summed E-state index contributed by atoms with van der Waals surface area (Å²) in [5, 5.41) is 2.40. The third-order valence-electron chi connectivity index (χ3n) is 9.13. The molecule has 0 amide bonds. The lowest BCUT2D eigenvalue weighted by Gasteiger charge is -2.26. The maximum Gasteiger partial charge on any atom is 0.214 e. The van der Waals surface area contributed by atoms with E-state index in [1.807, 2.05) is 25.8 Å². The highest BCUT2D eigenvalue weighted by molar-refractivity contribution is 6.10. The number of aryl methyl sites for hydroxylation is 3. The summed E-state index contributed by atoms with van der Waals surface area (Å²) in [4.78, 5) is 12.0. The minimum Gasteiger partial charge on any atom is -0.320 e. The fourth-order valence-electron chi connectivity index (χ4n) is 6.86. The molecular weight excluding hydrogens is 576 g/mol. The van der Waals surface area contributed by atoms with Crippen molar-refractivity contribution in [1.29, 1.82) is 0 Å². The first-order valence-corrected chi connectivity index (χ1v) is 16.3. The van der Waals surface area contributed by atoms with E-state index in [0.717, 1.165) is 58.1 Å². The lowest BCUT2D eigenvalue weighted by atomic mass is 10.0. The fraction of sp³-hybridized carbons (Fsp3) is 0.122. The van der Waals surface area contributed by atoms with Crippen molar-refractivity contribution in [3.8, 4) is 22.9 Å². The van der Waals surface area contributed by atoms with E-state index in [4.69, 9.17) is 9.97 Å². The van der Waals surface area contributed by atoms with Gasteiger partial charge in [-0.3, -0.25) is 4.57 Å². The minimum atomic E-state index is 0.882. The van der Waals surface area contributed by atoms with E-state index in [1.54, 1.807) is 0 Å². The number of para-hydroxylation sites is 3. The van der Waals surface area contributed by atoms with Crippen LogP contribution in [-0.4, -0.2) is 23.7 Å². The van der Waals surface area contributed by atoms with Crippen molar-refractivity contribution in [2.45, 2.75) is 26.7 Å². The van der Waals surface area contributed by atoms with Crippen molar-refractivity contribution in [2.75, 3.05) is 4.90 Å². The molecule has 0 saturated carbocycles. The third-order valence-corrected chi connectivity index (χ3v) is 9.13. The van der Waals surface area contributed by atoms with Crippen molar-refractivity contribution in [1.82, 2.24) is 23.7 Å². The topological polar surface area (TPSA) is 43.8 Å². The number of fused-ring (bicyclic) bond motifs is 3. The van der Waals surface area contributed by atoms with Crippen LogP contribution >= 0.6 is 0 Å². The Morgan fingerprint density at radius 3 is 2.11 bits per heavy atom. The number of imidazole rings is 2. The normalized spacial score (nSPS) is 11.5. The summed E-state index contributed by atoms with van der Waals surface area (Å²) in [6, 6.07) is 41.2. The molecule has 0 saturated heterocycles. The Kier molecular flexibility index (Phi) is 7.18. The largest absolute Gasteiger partial charge is 0.320 e. The van der Waals surface area contributed by atoms with Crippen LogP contribution in [0.3, 0.4) is 0 Å². The third kappa shape index (κ3) is 4.90. The zero-order valence-corrected chi connectivity index (χ0v) is 26.9. The first-order chi connectivity index (χ1) is 23.1. The number of anilines is 3. The fourth-order valence-corrected chi connectivity index (χ4v) is 6.86. The molecule has 6 nitrogen and oxygen atoms in total. The second kappa shape index (κ2) is 11.8. The van der Waals surface area contributed by atoms with Crippen LogP contribution in [0.1, 0.15) is 25.0 Å². The summed E-state index contributed by atoms with van der Waals surface area (Å²) in [5.74, 6) is 0.882. The van der Waals surface area contributed by atoms with Gasteiger partial charge in [-0.15, -0.1) is 0 Å². The number of rotatable bonds is 8. The molecule has 6 heteroatoms. The van der Waals surface area contributed by atoms with E-state index in [9.17, 15) is 0 Å². The molecule has 0 radical (unpaired) electrons. The molecular formula is C41H36N6. The van der Waals surface area contributed by atoms with E-state index < -0.39 is 0 Å². The molecule has 5 aromatic carbocycles. The molecule has 0 bridgehead atoms. The van der Waals surface area contributed by atoms with Gasteiger partial charge < -0.3 is 14.0 Å². The van der Waals surface area contributed by atoms with Crippen LogP contribution in [0.5, 0.6) is 0 Å².